The van der Waals surface area contributed by atoms with Gasteiger partial charge in [-0.3, -0.25) is 0 Å². The summed E-state index contributed by atoms with van der Waals surface area (Å²) in [6, 6.07) is 19.4. The number of para-hydroxylation sites is 1. The summed E-state index contributed by atoms with van der Waals surface area (Å²) in [6.07, 6.45) is 0. The van der Waals surface area contributed by atoms with Gasteiger partial charge in [-0.2, -0.15) is 0 Å². The number of furan rings is 1. The van der Waals surface area contributed by atoms with Gasteiger partial charge in [-0.05, 0) is 42.0 Å². The molecule has 0 fully saturated rings. The van der Waals surface area contributed by atoms with Crippen LogP contribution in [0.3, 0.4) is 0 Å². The highest BCUT2D eigenvalue weighted by Crippen LogP contribution is 2.38. The molecule has 7 nitrogen and oxygen atoms in total. The van der Waals surface area contributed by atoms with Gasteiger partial charge in [0, 0.05) is 16.5 Å². The third-order valence-corrected chi connectivity index (χ3v) is 6.37. The molecule has 0 bridgehead atoms. The molecule has 0 unspecified atom stereocenters. The predicted octanol–water partition coefficient (Wildman–Crippen LogP) is 3.06. The summed E-state index contributed by atoms with van der Waals surface area (Å²) in [6.45, 7) is 0. The second-order valence-corrected chi connectivity index (χ2v) is 9.53. The molecule has 29 heavy (non-hydrogen) atoms. The third kappa shape index (κ3) is 3.68. The van der Waals surface area contributed by atoms with Crippen LogP contribution in [-0.2, 0) is 20.0 Å². The van der Waals surface area contributed by atoms with E-state index in [2.05, 4.69) is 0 Å². The van der Waals surface area contributed by atoms with Crippen molar-refractivity contribution in [1.82, 2.24) is 0 Å². The van der Waals surface area contributed by atoms with Gasteiger partial charge in [-0.15, -0.1) is 0 Å². The number of nitrogens with two attached hydrogens (primary N) is 2. The minimum atomic E-state index is -4.06. The molecule has 9 heteroatoms. The summed E-state index contributed by atoms with van der Waals surface area (Å²) in [4.78, 5) is -0.291. The SMILES string of the molecule is NS(=O)(=O)c1ccc(-c2cc3ccccc3o2)c(-c2ccccc2S(N)(=O)=O)c1. The Morgan fingerprint density at radius 1 is 0.655 bits per heavy atom. The van der Waals surface area contributed by atoms with Gasteiger partial charge in [0.05, 0.1) is 9.79 Å². The maximum Gasteiger partial charge on any atom is 0.238 e. The van der Waals surface area contributed by atoms with Crippen molar-refractivity contribution in [2.24, 2.45) is 10.3 Å². The summed E-state index contributed by atoms with van der Waals surface area (Å²) < 4.78 is 53.9. The van der Waals surface area contributed by atoms with Gasteiger partial charge in [-0.1, -0.05) is 36.4 Å². The Kier molecular flexibility index (Phi) is 4.55. The summed E-state index contributed by atoms with van der Waals surface area (Å²) in [7, 11) is -8.08. The van der Waals surface area contributed by atoms with E-state index in [1.807, 2.05) is 18.2 Å². The number of sulfonamides is 2. The minimum absolute atomic E-state index is 0.135. The van der Waals surface area contributed by atoms with Gasteiger partial charge in [-0.25, -0.2) is 27.1 Å². The van der Waals surface area contributed by atoms with Crippen LogP contribution in [0.25, 0.3) is 33.4 Å². The van der Waals surface area contributed by atoms with Gasteiger partial charge in [0.25, 0.3) is 0 Å². The van der Waals surface area contributed by atoms with Crippen molar-refractivity contribution in [2.45, 2.75) is 9.79 Å². The molecule has 4 rings (SSSR count). The zero-order chi connectivity index (χ0) is 20.8. The number of primary sulfonamides is 2. The summed E-state index contributed by atoms with van der Waals surface area (Å²) in [5, 5.41) is 11.5. The molecule has 148 valence electrons. The second-order valence-electron chi connectivity index (χ2n) is 6.44. The number of fused-ring (bicyclic) bond motifs is 1. The van der Waals surface area contributed by atoms with Crippen molar-refractivity contribution in [3.63, 3.8) is 0 Å². The first-order valence-electron chi connectivity index (χ1n) is 8.42. The molecule has 0 saturated heterocycles. The van der Waals surface area contributed by atoms with Crippen molar-refractivity contribution in [1.29, 1.82) is 0 Å². The Hall–Kier alpha value is -2.98. The van der Waals surface area contributed by atoms with Crippen LogP contribution in [-0.4, -0.2) is 16.8 Å². The lowest BCUT2D eigenvalue weighted by Gasteiger charge is -2.13. The molecular weight excluding hydrogens is 412 g/mol. The Morgan fingerprint density at radius 3 is 2.03 bits per heavy atom. The first-order chi connectivity index (χ1) is 13.6. The fourth-order valence-electron chi connectivity index (χ4n) is 3.19. The number of rotatable bonds is 4. The summed E-state index contributed by atoms with van der Waals surface area (Å²) >= 11 is 0. The maximum atomic E-state index is 12.1. The van der Waals surface area contributed by atoms with Gasteiger partial charge < -0.3 is 4.42 Å². The molecule has 0 aliphatic rings. The Bertz CT molecular complexity index is 1420. The maximum absolute atomic E-state index is 12.1. The van der Waals surface area contributed by atoms with Crippen LogP contribution in [0.5, 0.6) is 0 Å². The van der Waals surface area contributed by atoms with E-state index in [-0.39, 0.29) is 15.4 Å². The standard InChI is InChI=1S/C20H16N2O5S2/c21-28(23,24)14-9-10-15(19-11-13-5-1-3-7-18(13)27-19)17(12-14)16-6-2-4-8-20(16)29(22,25)26/h1-12H,(H2,21,23,24)(H2,22,25,26). The van der Waals surface area contributed by atoms with Crippen molar-refractivity contribution in [3.8, 4) is 22.5 Å². The third-order valence-electron chi connectivity index (χ3n) is 4.49. The molecule has 0 aliphatic heterocycles. The van der Waals surface area contributed by atoms with E-state index < -0.39 is 20.0 Å². The number of benzene rings is 3. The molecule has 4 N–H and O–H groups in total. The molecule has 3 aromatic carbocycles. The molecule has 1 aromatic heterocycles. The normalized spacial score (nSPS) is 12.3. The Morgan fingerprint density at radius 2 is 1.34 bits per heavy atom. The average molecular weight is 428 g/mol. The summed E-state index contributed by atoms with van der Waals surface area (Å²) in [5.74, 6) is 0.450. The molecule has 0 aliphatic carbocycles. The quantitative estimate of drug-likeness (QED) is 0.515. The lowest BCUT2D eigenvalue weighted by Crippen LogP contribution is -2.14. The Labute approximate surface area is 167 Å². The van der Waals surface area contributed by atoms with E-state index in [4.69, 9.17) is 14.7 Å². The smallest absolute Gasteiger partial charge is 0.238 e. The van der Waals surface area contributed by atoms with Gasteiger partial charge in [0.2, 0.25) is 20.0 Å². The highest BCUT2D eigenvalue weighted by atomic mass is 32.2. The first-order valence-corrected chi connectivity index (χ1v) is 11.5. The van der Waals surface area contributed by atoms with Crippen LogP contribution in [0.15, 0.2) is 87.0 Å². The van der Waals surface area contributed by atoms with Crippen LogP contribution in [0.4, 0.5) is 0 Å². The zero-order valence-corrected chi connectivity index (χ0v) is 16.6. The van der Waals surface area contributed by atoms with E-state index >= 15 is 0 Å². The van der Waals surface area contributed by atoms with Crippen molar-refractivity contribution in [2.75, 3.05) is 0 Å². The highest BCUT2D eigenvalue weighted by Gasteiger charge is 2.21. The predicted molar refractivity (Wildman–Crippen MR) is 110 cm³/mol. The van der Waals surface area contributed by atoms with Gasteiger partial charge >= 0.3 is 0 Å². The largest absolute Gasteiger partial charge is 0.456 e. The van der Waals surface area contributed by atoms with E-state index in [0.29, 0.717) is 22.5 Å². The molecule has 4 aromatic rings. The highest BCUT2D eigenvalue weighted by molar-refractivity contribution is 7.89. The topological polar surface area (TPSA) is 133 Å². The van der Waals surface area contributed by atoms with Crippen molar-refractivity contribution >= 4 is 31.0 Å². The van der Waals surface area contributed by atoms with Crippen LogP contribution >= 0.6 is 0 Å². The van der Waals surface area contributed by atoms with Crippen molar-refractivity contribution < 1.29 is 21.3 Å². The van der Waals surface area contributed by atoms with Crippen LogP contribution in [0, 0.1) is 0 Å². The molecule has 0 amide bonds. The number of hydrogen-bond acceptors (Lipinski definition) is 5. The molecule has 0 spiro atoms. The van der Waals surface area contributed by atoms with Crippen LogP contribution in [0.2, 0.25) is 0 Å². The second kappa shape index (κ2) is 6.82. The van der Waals surface area contributed by atoms with Crippen LogP contribution < -0.4 is 10.3 Å². The first kappa shape index (κ1) is 19.3. The fourth-order valence-corrected chi connectivity index (χ4v) is 4.48. The van der Waals surface area contributed by atoms with E-state index in [1.54, 1.807) is 24.3 Å². The van der Waals surface area contributed by atoms with E-state index in [0.717, 1.165) is 5.39 Å². The monoisotopic (exact) mass is 428 g/mol. The number of hydrogen-bond donors (Lipinski definition) is 2. The average Bonchev–Trinajstić information content (AvgIpc) is 3.10. The molecule has 0 atom stereocenters. The molecule has 0 radical (unpaired) electrons. The van der Waals surface area contributed by atoms with E-state index in [9.17, 15) is 16.8 Å². The fraction of sp³-hybridized carbons (Fsp3) is 0. The molecule has 0 saturated carbocycles. The van der Waals surface area contributed by atoms with Crippen LogP contribution in [0.1, 0.15) is 0 Å². The van der Waals surface area contributed by atoms with Gasteiger partial charge in [0.15, 0.2) is 0 Å². The molecule has 1 heterocycles. The lowest BCUT2D eigenvalue weighted by molar-refractivity contribution is 0.596. The minimum Gasteiger partial charge on any atom is -0.456 e. The van der Waals surface area contributed by atoms with Gasteiger partial charge in [0.1, 0.15) is 11.3 Å². The lowest BCUT2D eigenvalue weighted by atomic mass is 9.98. The Balaban J connectivity index is 2.06. The zero-order valence-electron chi connectivity index (χ0n) is 14.9. The molecular formula is C20H16N2O5S2. The van der Waals surface area contributed by atoms with Crippen molar-refractivity contribution in [3.05, 3.63) is 72.8 Å². The van der Waals surface area contributed by atoms with E-state index in [1.165, 1.54) is 30.3 Å². The summed E-state index contributed by atoms with van der Waals surface area (Å²) in [5.41, 5.74) is 1.71.